The van der Waals surface area contributed by atoms with Crippen molar-refractivity contribution in [1.29, 1.82) is 5.26 Å². The van der Waals surface area contributed by atoms with Crippen LogP contribution in [0.15, 0.2) is 24.3 Å². The van der Waals surface area contributed by atoms with Gasteiger partial charge >= 0.3 is 8.03 Å². The van der Waals surface area contributed by atoms with Crippen LogP contribution in [0.1, 0.15) is 62.6 Å². The molecule has 0 amide bonds. The minimum absolute atomic E-state index is 0.000954. The van der Waals surface area contributed by atoms with Gasteiger partial charge in [-0.05, 0) is 42.0 Å². The van der Waals surface area contributed by atoms with Gasteiger partial charge in [0.25, 0.3) is 0 Å². The van der Waals surface area contributed by atoms with Crippen LogP contribution < -0.4 is 5.32 Å². The van der Waals surface area contributed by atoms with E-state index in [1.807, 2.05) is 25.1 Å². The average Bonchev–Trinajstić information content (AvgIpc) is 2.64. The molecule has 1 aliphatic carbocycles. The molecule has 0 bridgehead atoms. The summed E-state index contributed by atoms with van der Waals surface area (Å²) in [4.78, 5) is 9.67. The number of benzene rings is 1. The number of hydrogen-bond acceptors (Lipinski definition) is 4. The zero-order valence-electron chi connectivity index (χ0n) is 14.8. The number of nitriles is 1. The predicted molar refractivity (Wildman–Crippen MR) is 98.4 cm³/mol. The first kappa shape index (κ1) is 20.0. The van der Waals surface area contributed by atoms with Crippen molar-refractivity contribution in [2.75, 3.05) is 6.54 Å². The topological polar surface area (TPSA) is 93.3 Å². The summed E-state index contributed by atoms with van der Waals surface area (Å²) in [6.45, 7) is 2.35. The van der Waals surface area contributed by atoms with Crippen molar-refractivity contribution >= 4 is 8.03 Å². The molecular weight excluding hydrogens is 335 g/mol. The van der Waals surface area contributed by atoms with Gasteiger partial charge in [-0.25, -0.2) is 0 Å². The van der Waals surface area contributed by atoms with Crippen molar-refractivity contribution in [3.63, 3.8) is 0 Å². The summed E-state index contributed by atoms with van der Waals surface area (Å²) in [5.41, 5.74) is 1.29. The largest absolute Gasteiger partial charge is 0.509 e. The Bertz CT molecular complexity index is 611. The molecule has 1 saturated carbocycles. The maximum Gasteiger partial charge on any atom is 0.509 e. The van der Waals surface area contributed by atoms with Crippen LogP contribution in [0, 0.1) is 17.2 Å². The van der Waals surface area contributed by atoms with Crippen LogP contribution in [0.4, 0.5) is 0 Å². The Hall–Kier alpha value is -1.31. The van der Waals surface area contributed by atoms with Gasteiger partial charge in [-0.2, -0.15) is 10.2 Å². The highest BCUT2D eigenvalue weighted by atomic mass is 31.1. The smallest absolute Gasteiger partial charge is 0.392 e. The van der Waals surface area contributed by atoms with Crippen molar-refractivity contribution in [2.45, 2.75) is 63.3 Å². The Kier molecular flexibility index (Phi) is 7.99. The lowest BCUT2D eigenvalue weighted by Gasteiger charge is -2.25. The van der Waals surface area contributed by atoms with Crippen LogP contribution in [0.2, 0.25) is 0 Å². The van der Waals surface area contributed by atoms with Crippen LogP contribution in [-0.2, 0) is 4.57 Å². The molecule has 25 heavy (non-hydrogen) atoms. The Morgan fingerprint density at radius 2 is 2.08 bits per heavy atom. The molecule has 2 rings (SSSR count). The quantitative estimate of drug-likeness (QED) is 0.613. The summed E-state index contributed by atoms with van der Waals surface area (Å²) in [7, 11) is -2.27. The van der Waals surface area contributed by atoms with E-state index < -0.39 is 14.1 Å². The minimum Gasteiger partial charge on any atom is -0.392 e. The fraction of sp³-hybridized carbons (Fsp3) is 0.632. The van der Waals surface area contributed by atoms with Gasteiger partial charge in [0.1, 0.15) is 0 Å². The van der Waals surface area contributed by atoms with Crippen molar-refractivity contribution in [1.82, 2.24) is 5.32 Å². The van der Waals surface area contributed by atoms with E-state index in [0.717, 1.165) is 31.2 Å². The first-order valence-electron chi connectivity index (χ1n) is 9.08. The molecule has 6 heteroatoms. The van der Waals surface area contributed by atoms with E-state index in [1.54, 1.807) is 6.07 Å². The fourth-order valence-corrected chi connectivity index (χ4v) is 4.73. The fourth-order valence-electron chi connectivity index (χ4n) is 3.65. The van der Waals surface area contributed by atoms with Crippen LogP contribution >= 0.6 is 8.03 Å². The van der Waals surface area contributed by atoms with E-state index in [9.17, 15) is 14.6 Å². The first-order chi connectivity index (χ1) is 12.0. The molecule has 0 spiro atoms. The SMILES string of the molecule is C[C@H](NC[C@H](O)CC(C1CCCCC1)[P+](=O)O)c1cccc(C#N)c1. The Morgan fingerprint density at radius 3 is 2.72 bits per heavy atom. The number of nitrogens with zero attached hydrogens (tertiary/aromatic N) is 1. The summed E-state index contributed by atoms with van der Waals surface area (Å²) < 4.78 is 11.8. The molecule has 0 radical (unpaired) electrons. The van der Waals surface area contributed by atoms with Crippen molar-refractivity contribution in [2.24, 2.45) is 5.92 Å². The molecule has 1 aromatic carbocycles. The van der Waals surface area contributed by atoms with Gasteiger partial charge in [-0.15, -0.1) is 0 Å². The van der Waals surface area contributed by atoms with E-state index in [4.69, 9.17) is 5.26 Å². The summed E-state index contributed by atoms with van der Waals surface area (Å²) >= 11 is 0. The highest BCUT2D eigenvalue weighted by Gasteiger charge is 2.39. The third-order valence-electron chi connectivity index (χ3n) is 5.17. The minimum atomic E-state index is -2.27. The molecule has 0 saturated heterocycles. The third kappa shape index (κ3) is 6.17. The lowest BCUT2D eigenvalue weighted by molar-refractivity contribution is 0.144. The van der Waals surface area contributed by atoms with Crippen molar-refractivity contribution < 1.29 is 14.6 Å². The average molecular weight is 363 g/mol. The standard InChI is InChI=1S/C19H27N2O3P/c1-14(17-9-5-6-15(10-17)12-20)21-13-18(22)11-19(25(23)24)16-7-3-2-4-8-16/h5-6,9-10,14,16,18-19,21-22H,2-4,7-8,11,13H2,1H3/p+1/t14-,18+,19?/m0/s1. The molecule has 4 atom stereocenters. The number of aliphatic hydroxyl groups excluding tert-OH is 1. The second-order valence-electron chi connectivity index (χ2n) is 7.02. The highest BCUT2D eigenvalue weighted by Crippen LogP contribution is 2.40. The monoisotopic (exact) mass is 363 g/mol. The van der Waals surface area contributed by atoms with Gasteiger partial charge in [-0.3, -0.25) is 0 Å². The van der Waals surface area contributed by atoms with Crippen molar-refractivity contribution in [3.8, 4) is 6.07 Å². The Morgan fingerprint density at radius 1 is 1.36 bits per heavy atom. The molecule has 0 heterocycles. The Balaban J connectivity index is 1.86. The predicted octanol–water partition coefficient (Wildman–Crippen LogP) is 3.64. The van der Waals surface area contributed by atoms with Gasteiger partial charge < -0.3 is 10.4 Å². The maximum absolute atomic E-state index is 11.8. The normalized spacial score (nSPS) is 19.7. The second-order valence-corrected chi connectivity index (χ2v) is 8.29. The van der Waals surface area contributed by atoms with Crippen LogP contribution in [0.3, 0.4) is 0 Å². The lowest BCUT2D eigenvalue weighted by atomic mass is 9.85. The second kappa shape index (κ2) is 9.99. The molecule has 1 aromatic rings. The maximum atomic E-state index is 11.8. The van der Waals surface area contributed by atoms with Gasteiger partial charge in [0, 0.05) is 24.9 Å². The van der Waals surface area contributed by atoms with Gasteiger partial charge in [0.15, 0.2) is 5.66 Å². The molecule has 1 fully saturated rings. The molecule has 5 nitrogen and oxygen atoms in total. The molecule has 136 valence electrons. The van der Waals surface area contributed by atoms with Gasteiger partial charge in [0.2, 0.25) is 0 Å². The zero-order valence-corrected chi connectivity index (χ0v) is 15.7. The molecular formula is C19H28N2O3P+. The molecule has 2 unspecified atom stereocenters. The van der Waals surface area contributed by atoms with Crippen LogP contribution in [-0.4, -0.2) is 28.3 Å². The van der Waals surface area contributed by atoms with E-state index >= 15 is 0 Å². The Labute approximate surface area is 150 Å². The highest BCUT2D eigenvalue weighted by molar-refractivity contribution is 7.38. The zero-order chi connectivity index (χ0) is 18.2. The molecule has 3 N–H and O–H groups in total. The van der Waals surface area contributed by atoms with E-state index in [-0.39, 0.29) is 17.6 Å². The lowest BCUT2D eigenvalue weighted by Crippen LogP contribution is -2.33. The van der Waals surface area contributed by atoms with E-state index in [1.165, 1.54) is 6.42 Å². The third-order valence-corrected chi connectivity index (χ3v) is 6.37. The number of hydrogen-bond donors (Lipinski definition) is 3. The van der Waals surface area contributed by atoms with Crippen LogP contribution in [0.25, 0.3) is 0 Å². The van der Waals surface area contributed by atoms with Gasteiger partial charge in [-0.1, -0.05) is 31.4 Å². The number of nitrogens with one attached hydrogen (secondary N) is 1. The first-order valence-corrected chi connectivity index (χ1v) is 10.4. The molecule has 0 aromatic heterocycles. The van der Waals surface area contributed by atoms with Crippen LogP contribution in [0.5, 0.6) is 0 Å². The molecule has 0 aliphatic heterocycles. The van der Waals surface area contributed by atoms with E-state index in [0.29, 0.717) is 18.5 Å². The summed E-state index contributed by atoms with van der Waals surface area (Å²) in [5, 5.41) is 22.6. The van der Waals surface area contributed by atoms with Gasteiger partial charge in [0.05, 0.1) is 17.7 Å². The number of rotatable bonds is 8. The molecule has 1 aliphatic rings. The van der Waals surface area contributed by atoms with E-state index in [2.05, 4.69) is 11.4 Å². The summed E-state index contributed by atoms with van der Waals surface area (Å²) in [6, 6.07) is 9.51. The summed E-state index contributed by atoms with van der Waals surface area (Å²) in [6.07, 6.45) is 5.12. The summed E-state index contributed by atoms with van der Waals surface area (Å²) in [5.74, 6) is 0.252. The van der Waals surface area contributed by atoms with Crippen molar-refractivity contribution in [3.05, 3.63) is 35.4 Å². The number of aliphatic hydroxyl groups is 1.